The zero-order valence-corrected chi connectivity index (χ0v) is 20.5. The maximum Gasteiger partial charge on any atom is 0.318 e. The zero-order chi connectivity index (χ0) is 27.0. The molecule has 2 aromatic carbocycles. The molecule has 0 radical (unpaired) electrons. The van der Waals surface area contributed by atoms with Crippen molar-refractivity contribution in [3.63, 3.8) is 0 Å². The van der Waals surface area contributed by atoms with E-state index in [0.29, 0.717) is 16.7 Å². The number of carbonyl (C=O) groups is 3. The van der Waals surface area contributed by atoms with E-state index in [1.165, 1.54) is 6.07 Å². The third-order valence-corrected chi connectivity index (χ3v) is 7.19. The summed E-state index contributed by atoms with van der Waals surface area (Å²) in [5.41, 5.74) is 1.84. The Bertz CT molecular complexity index is 1220. The first kappa shape index (κ1) is 26.0. The summed E-state index contributed by atoms with van der Waals surface area (Å²) < 4.78 is 55.2. The Balaban J connectivity index is 1.28. The fourth-order valence-electron chi connectivity index (χ4n) is 5.02. The van der Waals surface area contributed by atoms with E-state index < -0.39 is 61.7 Å². The zero-order valence-electron chi connectivity index (χ0n) is 20.5. The van der Waals surface area contributed by atoms with Gasteiger partial charge in [0.1, 0.15) is 18.0 Å². The van der Waals surface area contributed by atoms with Crippen LogP contribution in [0.3, 0.4) is 0 Å². The maximum atomic E-state index is 14.9. The first-order valence-corrected chi connectivity index (χ1v) is 12.6. The van der Waals surface area contributed by atoms with Gasteiger partial charge in [0.25, 0.3) is 5.92 Å². The Morgan fingerprint density at radius 2 is 1.74 bits per heavy atom. The standard InChI is InChI=1S/C27H28F4N4O3/c28-19-11-22(35(13-19)23(36)12-32-26(38)34-14-27(30,31)15-34)25(37)33-24(17-4-2-1-3-5-17)18-8-9-20(16-6-7-16)21(29)10-18/h1-5,8-10,16,19,22,24H,6-7,11-15H2,(H,32,38)(H,33,37). The van der Waals surface area contributed by atoms with E-state index in [2.05, 4.69) is 10.6 Å². The van der Waals surface area contributed by atoms with Gasteiger partial charge in [0.2, 0.25) is 11.8 Å². The van der Waals surface area contributed by atoms with Crippen molar-refractivity contribution in [1.29, 1.82) is 0 Å². The van der Waals surface area contributed by atoms with E-state index in [4.69, 9.17) is 0 Å². The minimum Gasteiger partial charge on any atom is -0.343 e. The van der Waals surface area contributed by atoms with E-state index in [-0.39, 0.29) is 24.7 Å². The van der Waals surface area contributed by atoms with Crippen molar-refractivity contribution in [2.45, 2.75) is 49.4 Å². The number of hydrogen-bond acceptors (Lipinski definition) is 3. The van der Waals surface area contributed by atoms with Crippen molar-refractivity contribution in [2.75, 3.05) is 26.2 Å². The van der Waals surface area contributed by atoms with Gasteiger partial charge in [-0.15, -0.1) is 0 Å². The van der Waals surface area contributed by atoms with Crippen LogP contribution in [0.15, 0.2) is 48.5 Å². The number of likely N-dealkylation sites (tertiary alicyclic amines) is 2. The summed E-state index contributed by atoms with van der Waals surface area (Å²) in [5.74, 6) is -4.41. The van der Waals surface area contributed by atoms with Crippen LogP contribution in [-0.2, 0) is 9.59 Å². The molecule has 1 saturated carbocycles. The van der Waals surface area contributed by atoms with Crippen LogP contribution in [0.1, 0.15) is 47.9 Å². The van der Waals surface area contributed by atoms with Crippen molar-refractivity contribution >= 4 is 17.8 Å². The molecule has 7 nitrogen and oxygen atoms in total. The molecule has 3 unspecified atom stereocenters. The lowest BCUT2D eigenvalue weighted by molar-refractivity contribution is -0.138. The number of nitrogens with zero attached hydrogens (tertiary/aromatic N) is 2. The van der Waals surface area contributed by atoms with Gasteiger partial charge in [-0.2, -0.15) is 0 Å². The SMILES string of the molecule is O=C(NC(c1ccccc1)c1ccc(C2CC2)c(F)c1)C1CC(F)CN1C(=O)CNC(=O)N1CC(F)(F)C1. The number of amides is 4. The van der Waals surface area contributed by atoms with Gasteiger partial charge in [0.15, 0.2) is 0 Å². The minimum atomic E-state index is -2.95. The highest BCUT2D eigenvalue weighted by Crippen LogP contribution is 2.42. The van der Waals surface area contributed by atoms with Crippen molar-refractivity contribution in [2.24, 2.45) is 0 Å². The summed E-state index contributed by atoms with van der Waals surface area (Å²) in [5, 5.41) is 5.11. The number of alkyl halides is 3. The van der Waals surface area contributed by atoms with Gasteiger partial charge in [0, 0.05) is 6.42 Å². The summed E-state index contributed by atoms with van der Waals surface area (Å²) >= 11 is 0. The normalized spacial score (nSPS) is 22.9. The third kappa shape index (κ3) is 5.61. The fourth-order valence-corrected chi connectivity index (χ4v) is 5.02. The van der Waals surface area contributed by atoms with E-state index in [9.17, 15) is 31.9 Å². The van der Waals surface area contributed by atoms with Gasteiger partial charge in [-0.3, -0.25) is 9.59 Å². The number of carbonyl (C=O) groups excluding carboxylic acids is 3. The van der Waals surface area contributed by atoms with E-state index in [0.717, 1.165) is 22.6 Å². The number of rotatable bonds is 7. The smallest absolute Gasteiger partial charge is 0.318 e. The third-order valence-electron chi connectivity index (χ3n) is 7.19. The molecule has 0 spiro atoms. The molecular formula is C27H28F4N4O3. The van der Waals surface area contributed by atoms with E-state index >= 15 is 0 Å². The molecule has 11 heteroatoms. The van der Waals surface area contributed by atoms with Crippen molar-refractivity contribution in [3.05, 3.63) is 71.0 Å². The lowest BCUT2D eigenvalue weighted by atomic mass is 9.96. The molecule has 2 heterocycles. The Morgan fingerprint density at radius 3 is 2.37 bits per heavy atom. The van der Waals surface area contributed by atoms with E-state index in [1.807, 2.05) is 0 Å². The minimum absolute atomic E-state index is 0.214. The molecule has 3 atom stereocenters. The molecule has 4 amide bonds. The number of halogens is 4. The van der Waals surface area contributed by atoms with Crippen LogP contribution in [0.4, 0.5) is 22.4 Å². The molecule has 5 rings (SSSR count). The van der Waals surface area contributed by atoms with Crippen LogP contribution in [0.2, 0.25) is 0 Å². The van der Waals surface area contributed by atoms with Gasteiger partial charge >= 0.3 is 6.03 Å². The Hall–Kier alpha value is -3.63. The Morgan fingerprint density at radius 1 is 1.03 bits per heavy atom. The van der Waals surface area contributed by atoms with Gasteiger partial charge in [0.05, 0.1) is 32.2 Å². The predicted molar refractivity (Wildman–Crippen MR) is 130 cm³/mol. The van der Waals surface area contributed by atoms with Crippen molar-refractivity contribution in [1.82, 2.24) is 20.4 Å². The predicted octanol–water partition coefficient (Wildman–Crippen LogP) is 3.51. The number of benzene rings is 2. The molecule has 1 aliphatic carbocycles. The first-order valence-electron chi connectivity index (χ1n) is 12.6. The lowest BCUT2D eigenvalue weighted by Crippen LogP contribution is -2.61. The lowest BCUT2D eigenvalue weighted by Gasteiger charge is -2.38. The fraction of sp³-hybridized carbons (Fsp3) is 0.444. The van der Waals surface area contributed by atoms with E-state index in [1.54, 1.807) is 42.5 Å². The average molecular weight is 533 g/mol. The summed E-state index contributed by atoms with van der Waals surface area (Å²) in [4.78, 5) is 40.1. The molecule has 3 aliphatic rings. The summed E-state index contributed by atoms with van der Waals surface area (Å²) in [7, 11) is 0. The van der Waals surface area contributed by atoms with Gasteiger partial charge in [-0.1, -0.05) is 42.5 Å². The molecule has 3 fully saturated rings. The van der Waals surface area contributed by atoms with Gasteiger partial charge in [-0.05, 0) is 41.5 Å². The molecule has 2 saturated heterocycles. The molecule has 2 aromatic rings. The second-order valence-corrected chi connectivity index (χ2v) is 10.2. The molecule has 2 N–H and O–H groups in total. The largest absolute Gasteiger partial charge is 0.343 e. The molecular weight excluding hydrogens is 504 g/mol. The van der Waals surface area contributed by atoms with Crippen LogP contribution in [0.25, 0.3) is 0 Å². The van der Waals surface area contributed by atoms with Crippen LogP contribution >= 0.6 is 0 Å². The van der Waals surface area contributed by atoms with Crippen LogP contribution < -0.4 is 10.6 Å². The number of hydrogen-bond donors (Lipinski definition) is 2. The highest BCUT2D eigenvalue weighted by atomic mass is 19.3. The van der Waals surface area contributed by atoms with Crippen LogP contribution in [-0.4, -0.2) is 72.0 Å². The van der Waals surface area contributed by atoms with Crippen molar-refractivity contribution in [3.8, 4) is 0 Å². The summed E-state index contributed by atoms with van der Waals surface area (Å²) in [6.07, 6.45) is 0.191. The molecule has 0 bridgehead atoms. The van der Waals surface area contributed by atoms with Gasteiger partial charge < -0.3 is 20.4 Å². The summed E-state index contributed by atoms with van der Waals surface area (Å²) in [6.45, 7) is -2.38. The highest BCUT2D eigenvalue weighted by molar-refractivity contribution is 5.91. The first-order chi connectivity index (χ1) is 18.1. The summed E-state index contributed by atoms with van der Waals surface area (Å²) in [6, 6.07) is 11.1. The number of nitrogens with one attached hydrogen (secondary N) is 2. The maximum absolute atomic E-state index is 14.9. The monoisotopic (exact) mass is 532 g/mol. The van der Waals surface area contributed by atoms with Crippen LogP contribution in [0, 0.1) is 5.82 Å². The molecule has 38 heavy (non-hydrogen) atoms. The number of urea groups is 1. The quantitative estimate of drug-likeness (QED) is 0.536. The topological polar surface area (TPSA) is 81.8 Å². The second kappa shape index (κ2) is 10.3. The molecule has 2 aliphatic heterocycles. The Kier molecular flexibility index (Phi) is 7.02. The van der Waals surface area contributed by atoms with Gasteiger partial charge in [-0.25, -0.2) is 22.4 Å². The second-order valence-electron chi connectivity index (χ2n) is 10.2. The van der Waals surface area contributed by atoms with Crippen molar-refractivity contribution < 1.29 is 31.9 Å². The van der Waals surface area contributed by atoms with Crippen LogP contribution in [0.5, 0.6) is 0 Å². The average Bonchev–Trinajstić information content (AvgIpc) is 3.64. The Labute approximate surface area is 217 Å². The molecule has 0 aromatic heterocycles. The highest BCUT2D eigenvalue weighted by Gasteiger charge is 2.46. The molecule has 202 valence electrons.